The highest BCUT2D eigenvalue weighted by Crippen LogP contribution is 2.40. The van der Waals surface area contributed by atoms with Crippen molar-refractivity contribution >= 4 is 57.9 Å². The number of carbonyl (C=O) groups is 4. The molecule has 0 saturated carbocycles. The van der Waals surface area contributed by atoms with E-state index in [9.17, 15) is 19.2 Å². The Hall–Kier alpha value is -4.22. The second kappa shape index (κ2) is 14.1. The van der Waals surface area contributed by atoms with E-state index in [1.807, 2.05) is 0 Å². The summed E-state index contributed by atoms with van der Waals surface area (Å²) in [5.41, 5.74) is 4.20. The Morgan fingerprint density at radius 3 is 2.50 bits per heavy atom. The third-order valence-corrected chi connectivity index (χ3v) is 7.78. The molecular weight excluding hydrogens is 582 g/mol. The Bertz CT molecular complexity index is 1520. The maximum absolute atomic E-state index is 12.7. The first-order chi connectivity index (χ1) is 20.2. The summed E-state index contributed by atoms with van der Waals surface area (Å²) in [4.78, 5) is 51.4. The average Bonchev–Trinajstić information content (AvgIpc) is 3.31. The van der Waals surface area contributed by atoms with E-state index in [0.29, 0.717) is 45.7 Å². The first-order valence-corrected chi connectivity index (χ1v) is 14.6. The lowest BCUT2D eigenvalue weighted by atomic mass is 9.88. The van der Waals surface area contributed by atoms with Crippen LogP contribution in [-0.2, 0) is 27.2 Å². The van der Waals surface area contributed by atoms with Crippen LogP contribution in [0.25, 0.3) is 0 Å². The number of nitrogens with one attached hydrogen (secondary N) is 2. The number of hydrogen-bond acceptors (Lipinski definition) is 9. The molecule has 1 heterocycles. The van der Waals surface area contributed by atoms with E-state index in [0.717, 1.165) is 23.3 Å². The minimum atomic E-state index is -1.01. The maximum atomic E-state index is 12.7. The molecule has 1 unspecified atom stereocenters. The van der Waals surface area contributed by atoms with Crippen molar-refractivity contribution in [3.63, 3.8) is 0 Å². The minimum absolute atomic E-state index is 0.194. The predicted molar refractivity (Wildman–Crippen MR) is 160 cm³/mol. The Kier molecular flexibility index (Phi) is 10.3. The van der Waals surface area contributed by atoms with E-state index in [1.54, 1.807) is 50.2 Å². The van der Waals surface area contributed by atoms with Gasteiger partial charge in [-0.05, 0) is 92.6 Å². The molecule has 10 nitrogen and oxygen atoms in total. The number of halogens is 1. The summed E-state index contributed by atoms with van der Waals surface area (Å²) in [6.45, 7) is 6.12. The largest absolute Gasteiger partial charge is 0.490 e. The zero-order chi connectivity index (χ0) is 30.2. The van der Waals surface area contributed by atoms with Crippen molar-refractivity contribution in [3.05, 3.63) is 74.6 Å². The third-order valence-electron chi connectivity index (χ3n) is 6.35. The molecule has 0 fully saturated rings. The molecular formula is C30H30ClN3O7S. The smallest absolute Gasteiger partial charge is 0.343 e. The molecule has 1 aliphatic rings. The number of esters is 2. The van der Waals surface area contributed by atoms with Crippen LogP contribution in [0.2, 0.25) is 5.02 Å². The summed E-state index contributed by atoms with van der Waals surface area (Å²) in [6.07, 6.45) is 3.74. The number of rotatable bonds is 9. The zero-order valence-corrected chi connectivity index (χ0v) is 24.9. The van der Waals surface area contributed by atoms with Crippen LogP contribution in [-0.4, -0.2) is 43.2 Å². The highest BCUT2D eigenvalue weighted by molar-refractivity contribution is 7.17. The molecule has 42 heavy (non-hydrogen) atoms. The standard InChI is InChI=1S/C30H30ClN3O7S/c1-4-39-23-15-18(7-13-22(23)41-29(37)19-8-10-20(31)11-9-19)16-32-34-27(36)26(35)33-28-25(30(38)40-5-2)21-12-6-17(3)14-24(21)42-28/h7-11,13,15-17H,4-6,12,14H2,1-3H3,(H,33,35)(H,34,36)/b32-16+. The summed E-state index contributed by atoms with van der Waals surface area (Å²) in [6, 6.07) is 11.0. The Labute approximate surface area is 252 Å². The maximum Gasteiger partial charge on any atom is 0.343 e. The van der Waals surface area contributed by atoms with Crippen LogP contribution in [0, 0.1) is 5.92 Å². The fourth-order valence-electron chi connectivity index (χ4n) is 4.34. The Morgan fingerprint density at radius 1 is 1.02 bits per heavy atom. The number of thiophene rings is 1. The summed E-state index contributed by atoms with van der Waals surface area (Å²) >= 11 is 7.17. The quantitative estimate of drug-likeness (QED) is 0.109. The number of nitrogens with zero attached hydrogens (tertiary/aromatic N) is 1. The van der Waals surface area contributed by atoms with Crippen molar-refractivity contribution in [2.75, 3.05) is 18.5 Å². The van der Waals surface area contributed by atoms with Gasteiger partial charge in [0.2, 0.25) is 0 Å². The van der Waals surface area contributed by atoms with E-state index >= 15 is 0 Å². The number of fused-ring (bicyclic) bond motifs is 1. The monoisotopic (exact) mass is 611 g/mol. The number of benzene rings is 2. The van der Waals surface area contributed by atoms with Crippen LogP contribution < -0.4 is 20.2 Å². The minimum Gasteiger partial charge on any atom is -0.490 e. The highest BCUT2D eigenvalue weighted by Gasteiger charge is 2.30. The van der Waals surface area contributed by atoms with Gasteiger partial charge in [0.1, 0.15) is 5.00 Å². The molecule has 1 aliphatic carbocycles. The molecule has 12 heteroatoms. The van der Waals surface area contributed by atoms with Crippen molar-refractivity contribution in [3.8, 4) is 11.5 Å². The van der Waals surface area contributed by atoms with Gasteiger partial charge in [0.15, 0.2) is 11.5 Å². The molecule has 220 valence electrons. The number of ether oxygens (including phenoxy) is 3. The number of hydrogen-bond donors (Lipinski definition) is 2. The van der Waals surface area contributed by atoms with Gasteiger partial charge in [-0.2, -0.15) is 5.10 Å². The third kappa shape index (κ3) is 7.54. The van der Waals surface area contributed by atoms with Gasteiger partial charge in [-0.25, -0.2) is 15.0 Å². The molecule has 0 bridgehead atoms. The zero-order valence-electron chi connectivity index (χ0n) is 23.3. The van der Waals surface area contributed by atoms with Gasteiger partial charge >= 0.3 is 23.8 Å². The molecule has 2 N–H and O–H groups in total. The molecule has 3 aromatic rings. The summed E-state index contributed by atoms with van der Waals surface area (Å²) in [5.74, 6) is -2.15. The van der Waals surface area contributed by atoms with Gasteiger partial charge in [-0.1, -0.05) is 18.5 Å². The summed E-state index contributed by atoms with van der Waals surface area (Å²) in [5, 5.41) is 7.21. The molecule has 0 aliphatic heterocycles. The van der Waals surface area contributed by atoms with Crippen LogP contribution >= 0.6 is 22.9 Å². The first kappa shape index (κ1) is 30.7. The van der Waals surface area contributed by atoms with Gasteiger partial charge in [0, 0.05) is 9.90 Å². The van der Waals surface area contributed by atoms with Gasteiger partial charge in [0.05, 0.1) is 30.6 Å². The van der Waals surface area contributed by atoms with Crippen LogP contribution in [0.15, 0.2) is 47.6 Å². The molecule has 0 saturated heterocycles. The molecule has 4 rings (SSSR count). The topological polar surface area (TPSA) is 132 Å². The number of amides is 2. The lowest BCUT2D eigenvalue weighted by molar-refractivity contribution is -0.136. The van der Waals surface area contributed by atoms with Gasteiger partial charge in [-0.15, -0.1) is 11.3 Å². The SMILES string of the molecule is CCOC(=O)c1c(NC(=O)C(=O)N/N=C/c2ccc(OC(=O)c3ccc(Cl)cc3)c(OCC)c2)sc2c1CCC(C)C2. The lowest BCUT2D eigenvalue weighted by Gasteiger charge is -2.18. The van der Waals surface area contributed by atoms with Crippen molar-refractivity contribution < 1.29 is 33.4 Å². The van der Waals surface area contributed by atoms with Crippen LogP contribution in [0.3, 0.4) is 0 Å². The Morgan fingerprint density at radius 2 is 1.79 bits per heavy atom. The van der Waals surface area contributed by atoms with E-state index < -0.39 is 23.8 Å². The summed E-state index contributed by atoms with van der Waals surface area (Å²) in [7, 11) is 0. The lowest BCUT2D eigenvalue weighted by Crippen LogP contribution is -2.32. The van der Waals surface area contributed by atoms with Crippen molar-refractivity contribution in [1.82, 2.24) is 5.43 Å². The second-order valence-corrected chi connectivity index (χ2v) is 11.0. The molecule has 1 atom stereocenters. The molecule has 0 spiro atoms. The van der Waals surface area contributed by atoms with Crippen molar-refractivity contribution in [2.45, 2.75) is 40.0 Å². The molecule has 0 radical (unpaired) electrons. The van der Waals surface area contributed by atoms with Crippen LogP contribution in [0.1, 0.15) is 63.9 Å². The Balaban J connectivity index is 1.41. The number of anilines is 1. The van der Waals surface area contributed by atoms with Gasteiger partial charge in [-0.3, -0.25) is 9.59 Å². The normalized spacial score (nSPS) is 14.1. The second-order valence-electron chi connectivity index (χ2n) is 9.47. The molecule has 1 aromatic heterocycles. The van der Waals surface area contributed by atoms with Crippen molar-refractivity contribution in [1.29, 1.82) is 0 Å². The molecule has 2 amide bonds. The summed E-state index contributed by atoms with van der Waals surface area (Å²) < 4.78 is 16.3. The van der Waals surface area contributed by atoms with Crippen LogP contribution in [0.4, 0.5) is 5.00 Å². The van der Waals surface area contributed by atoms with E-state index in [4.69, 9.17) is 25.8 Å². The number of hydrazone groups is 1. The fraction of sp³-hybridized carbons (Fsp3) is 0.300. The number of carbonyl (C=O) groups excluding carboxylic acids is 4. The van der Waals surface area contributed by atoms with Crippen molar-refractivity contribution in [2.24, 2.45) is 11.0 Å². The highest BCUT2D eigenvalue weighted by atomic mass is 35.5. The van der Waals surface area contributed by atoms with Gasteiger partial charge < -0.3 is 19.5 Å². The van der Waals surface area contributed by atoms with Gasteiger partial charge in [0.25, 0.3) is 0 Å². The average molecular weight is 612 g/mol. The van der Waals surface area contributed by atoms with E-state index in [2.05, 4.69) is 22.8 Å². The van der Waals surface area contributed by atoms with E-state index in [-0.39, 0.29) is 18.1 Å². The van der Waals surface area contributed by atoms with Crippen LogP contribution in [0.5, 0.6) is 11.5 Å². The predicted octanol–water partition coefficient (Wildman–Crippen LogP) is 5.41. The molecule has 2 aromatic carbocycles. The van der Waals surface area contributed by atoms with E-state index in [1.165, 1.54) is 23.6 Å². The first-order valence-electron chi connectivity index (χ1n) is 13.4. The fourth-order valence-corrected chi connectivity index (χ4v) is 5.86.